The van der Waals surface area contributed by atoms with Crippen LogP contribution < -0.4 is 21.5 Å². The molecule has 2 aliphatic rings. The molecule has 3 aromatic rings. The highest BCUT2D eigenvalue weighted by Gasteiger charge is 2.39. The Balaban J connectivity index is 1.46. The predicted octanol–water partition coefficient (Wildman–Crippen LogP) is 2.77. The molecule has 1 unspecified atom stereocenters. The first-order valence-corrected chi connectivity index (χ1v) is 11.4. The number of halogens is 1. The Morgan fingerprint density at radius 2 is 2.15 bits per heavy atom. The molecule has 11 heteroatoms. The number of nitrogens with zero attached hydrogens (tertiary/aromatic N) is 5. The molecule has 0 aliphatic heterocycles. The molecule has 3 aromatic heterocycles. The van der Waals surface area contributed by atoms with Gasteiger partial charge in [-0.25, -0.2) is 9.37 Å². The lowest BCUT2D eigenvalue weighted by Gasteiger charge is -2.27. The summed E-state index contributed by atoms with van der Waals surface area (Å²) < 4.78 is 16.4. The number of nitriles is 1. The van der Waals surface area contributed by atoms with Crippen LogP contribution >= 0.6 is 0 Å². The molecule has 2 aliphatic carbocycles. The molecule has 5 rings (SSSR count). The van der Waals surface area contributed by atoms with E-state index in [4.69, 9.17) is 0 Å². The van der Waals surface area contributed by atoms with Crippen molar-refractivity contribution >= 4 is 28.9 Å². The van der Waals surface area contributed by atoms with Crippen molar-refractivity contribution in [1.82, 2.24) is 24.5 Å². The molecule has 0 spiro atoms. The summed E-state index contributed by atoms with van der Waals surface area (Å²) in [7, 11) is 1.71. The molecule has 176 valence electrons. The second kappa shape index (κ2) is 8.78. The predicted molar refractivity (Wildman–Crippen MR) is 124 cm³/mol. The number of hydrogen-bond acceptors (Lipinski definition) is 7. The summed E-state index contributed by atoms with van der Waals surface area (Å²) in [6.45, 7) is 0. The van der Waals surface area contributed by atoms with E-state index >= 15 is 0 Å². The van der Waals surface area contributed by atoms with Gasteiger partial charge in [0.1, 0.15) is 29.1 Å². The van der Waals surface area contributed by atoms with Gasteiger partial charge in [-0.3, -0.25) is 9.59 Å². The van der Waals surface area contributed by atoms with E-state index in [9.17, 15) is 19.2 Å². The molecule has 0 bridgehead atoms. The van der Waals surface area contributed by atoms with Gasteiger partial charge in [0, 0.05) is 37.7 Å². The first kappa shape index (κ1) is 21.9. The Morgan fingerprint density at radius 3 is 2.88 bits per heavy atom. The Bertz CT molecular complexity index is 1340. The molecular weight excluding hydrogens is 439 g/mol. The van der Waals surface area contributed by atoms with Crippen LogP contribution in [0, 0.1) is 17.2 Å². The number of hydrogen-bond donors (Lipinski definition) is 3. The number of carbonyl (C=O) groups is 1. The minimum Gasteiger partial charge on any atom is -0.373 e. The molecule has 34 heavy (non-hydrogen) atoms. The quantitative estimate of drug-likeness (QED) is 0.512. The van der Waals surface area contributed by atoms with Gasteiger partial charge in [-0.2, -0.15) is 14.9 Å². The SMILES string of the molecule is CNc1cc(Nc2cccn([C@@H]3CCCC(C#N)C3)c2=O)nc2c(C(=O)N[C@@H]3C[C@@H]3F)cnn12. The van der Waals surface area contributed by atoms with Crippen LogP contribution in [-0.4, -0.2) is 44.3 Å². The molecule has 0 aromatic carbocycles. The molecule has 2 saturated carbocycles. The van der Waals surface area contributed by atoms with Gasteiger partial charge in [-0.15, -0.1) is 0 Å². The van der Waals surface area contributed by atoms with Crippen LogP contribution in [0.2, 0.25) is 0 Å². The summed E-state index contributed by atoms with van der Waals surface area (Å²) in [5.41, 5.74) is 0.634. The maximum atomic E-state index is 13.2. The average Bonchev–Trinajstić information content (AvgIpc) is 3.36. The monoisotopic (exact) mass is 464 g/mol. The van der Waals surface area contributed by atoms with Crippen molar-refractivity contribution in [2.75, 3.05) is 17.7 Å². The zero-order valence-corrected chi connectivity index (χ0v) is 18.7. The number of alkyl halides is 1. The third-order valence-electron chi connectivity index (χ3n) is 6.46. The Labute approximate surface area is 194 Å². The Morgan fingerprint density at radius 1 is 1.32 bits per heavy atom. The van der Waals surface area contributed by atoms with Crippen molar-refractivity contribution in [1.29, 1.82) is 5.26 Å². The van der Waals surface area contributed by atoms with Crippen LogP contribution in [0.1, 0.15) is 48.5 Å². The topological polar surface area (TPSA) is 129 Å². The highest BCUT2D eigenvalue weighted by Crippen LogP contribution is 2.31. The van der Waals surface area contributed by atoms with Crippen LogP contribution in [0.5, 0.6) is 0 Å². The van der Waals surface area contributed by atoms with Gasteiger partial charge < -0.3 is 20.5 Å². The van der Waals surface area contributed by atoms with Crippen LogP contribution in [0.4, 0.5) is 21.7 Å². The van der Waals surface area contributed by atoms with E-state index in [-0.39, 0.29) is 28.7 Å². The second-order valence-electron chi connectivity index (χ2n) is 8.81. The number of rotatable bonds is 6. The van der Waals surface area contributed by atoms with Gasteiger partial charge >= 0.3 is 0 Å². The van der Waals surface area contributed by atoms with Crippen molar-refractivity contribution in [3.63, 3.8) is 0 Å². The fourth-order valence-electron chi connectivity index (χ4n) is 4.49. The number of carbonyl (C=O) groups excluding carboxylic acids is 1. The number of aromatic nitrogens is 4. The molecular formula is C23H25FN8O2. The van der Waals surface area contributed by atoms with Crippen LogP contribution in [0.25, 0.3) is 5.65 Å². The molecule has 10 nitrogen and oxygen atoms in total. The highest BCUT2D eigenvalue weighted by atomic mass is 19.1. The van der Waals surface area contributed by atoms with Crippen molar-refractivity contribution in [3.05, 3.63) is 46.5 Å². The van der Waals surface area contributed by atoms with E-state index in [1.54, 1.807) is 36.0 Å². The molecule has 0 saturated heterocycles. The maximum Gasteiger partial charge on any atom is 0.274 e. The summed E-state index contributed by atoms with van der Waals surface area (Å²) in [5, 5.41) is 22.3. The van der Waals surface area contributed by atoms with E-state index in [1.165, 1.54) is 10.7 Å². The summed E-state index contributed by atoms with van der Waals surface area (Å²) >= 11 is 0. The van der Waals surface area contributed by atoms with Crippen molar-refractivity contribution in [2.45, 2.75) is 50.4 Å². The van der Waals surface area contributed by atoms with Gasteiger partial charge in [-0.05, 0) is 31.4 Å². The summed E-state index contributed by atoms with van der Waals surface area (Å²) in [6, 6.07) is 6.97. The van der Waals surface area contributed by atoms with E-state index in [0.29, 0.717) is 30.2 Å². The summed E-state index contributed by atoms with van der Waals surface area (Å²) in [5.74, 6) is 0.425. The zero-order valence-electron chi connectivity index (χ0n) is 18.7. The number of amides is 1. The fraction of sp³-hybridized carbons (Fsp3) is 0.435. The first-order valence-electron chi connectivity index (χ1n) is 11.4. The number of pyridine rings is 1. The van der Waals surface area contributed by atoms with E-state index in [2.05, 4.69) is 32.1 Å². The minimum absolute atomic E-state index is 0.0251. The molecule has 0 radical (unpaired) electrons. The molecule has 1 amide bonds. The van der Waals surface area contributed by atoms with Crippen LogP contribution in [-0.2, 0) is 0 Å². The first-order chi connectivity index (χ1) is 16.5. The average molecular weight is 465 g/mol. The van der Waals surface area contributed by atoms with Crippen molar-refractivity contribution < 1.29 is 9.18 Å². The van der Waals surface area contributed by atoms with Crippen LogP contribution in [0.15, 0.2) is 35.4 Å². The fourth-order valence-corrected chi connectivity index (χ4v) is 4.49. The number of anilines is 3. The van der Waals surface area contributed by atoms with Gasteiger partial charge in [0.25, 0.3) is 11.5 Å². The van der Waals surface area contributed by atoms with E-state index < -0.39 is 18.1 Å². The van der Waals surface area contributed by atoms with Crippen molar-refractivity contribution in [3.8, 4) is 6.07 Å². The molecule has 3 heterocycles. The minimum atomic E-state index is -1.02. The third-order valence-corrected chi connectivity index (χ3v) is 6.46. The maximum absolute atomic E-state index is 13.2. The van der Waals surface area contributed by atoms with Gasteiger partial charge in [0.15, 0.2) is 5.65 Å². The molecule has 4 atom stereocenters. The zero-order chi connectivity index (χ0) is 23.8. The highest BCUT2D eigenvalue weighted by molar-refractivity contribution is 6.00. The molecule has 2 fully saturated rings. The number of nitrogens with one attached hydrogen (secondary N) is 3. The summed E-state index contributed by atoms with van der Waals surface area (Å²) in [4.78, 5) is 30.4. The van der Waals surface area contributed by atoms with Crippen LogP contribution in [0.3, 0.4) is 0 Å². The standard InChI is InChI=1S/C23H25FN8O2/c1-26-20-10-19(30-21-15(12-27-32(20)21)22(33)29-18-9-16(18)24)28-17-6-3-7-31(23(17)34)14-5-2-4-13(8-14)11-25/h3,6-7,10,12-14,16,18,26H,2,4-5,8-9H2,1H3,(H,28,30)(H,29,33)/t13?,14-,16+,18-/m1/s1. The van der Waals surface area contributed by atoms with Gasteiger partial charge in [0.05, 0.1) is 18.3 Å². The normalized spacial score (nSPS) is 23.8. The van der Waals surface area contributed by atoms with E-state index in [0.717, 1.165) is 19.3 Å². The lowest BCUT2D eigenvalue weighted by Crippen LogP contribution is -2.29. The molecule has 3 N–H and O–H groups in total. The third kappa shape index (κ3) is 4.07. The Hall–Kier alpha value is -3.94. The van der Waals surface area contributed by atoms with Crippen molar-refractivity contribution in [2.24, 2.45) is 5.92 Å². The van der Waals surface area contributed by atoms with E-state index in [1.807, 2.05) is 0 Å². The Kier molecular flexibility index (Phi) is 5.65. The lowest BCUT2D eigenvalue weighted by atomic mass is 9.86. The smallest absolute Gasteiger partial charge is 0.274 e. The summed E-state index contributed by atoms with van der Waals surface area (Å²) in [6.07, 6.45) is 5.72. The van der Waals surface area contributed by atoms with Gasteiger partial charge in [0.2, 0.25) is 0 Å². The lowest BCUT2D eigenvalue weighted by molar-refractivity contribution is 0.0949. The number of fused-ring (bicyclic) bond motifs is 1. The van der Waals surface area contributed by atoms with Gasteiger partial charge in [-0.1, -0.05) is 6.42 Å². The largest absolute Gasteiger partial charge is 0.373 e. The second-order valence-corrected chi connectivity index (χ2v) is 8.81.